The predicted molar refractivity (Wildman–Crippen MR) is 136 cm³/mol. The van der Waals surface area contributed by atoms with E-state index in [0.717, 1.165) is 32.7 Å². The van der Waals surface area contributed by atoms with Crippen molar-refractivity contribution in [2.45, 2.75) is 38.9 Å². The van der Waals surface area contributed by atoms with Crippen LogP contribution in [-0.2, 0) is 4.79 Å². The lowest BCUT2D eigenvalue weighted by molar-refractivity contribution is -0.113. The van der Waals surface area contributed by atoms with E-state index >= 15 is 0 Å². The van der Waals surface area contributed by atoms with Crippen molar-refractivity contribution in [3.63, 3.8) is 0 Å². The zero-order chi connectivity index (χ0) is 23.5. The van der Waals surface area contributed by atoms with Gasteiger partial charge in [0.25, 0.3) is 5.91 Å². The molecule has 1 unspecified atom stereocenters. The van der Waals surface area contributed by atoms with Gasteiger partial charge in [0.2, 0.25) is 11.1 Å². The quantitative estimate of drug-likeness (QED) is 0.378. The molecule has 2 N–H and O–H groups in total. The van der Waals surface area contributed by atoms with Crippen LogP contribution in [0.3, 0.4) is 0 Å². The highest BCUT2D eigenvalue weighted by atomic mass is 79.9. The van der Waals surface area contributed by atoms with E-state index in [1.807, 2.05) is 63.2 Å². The molecule has 1 amide bonds. The van der Waals surface area contributed by atoms with E-state index in [2.05, 4.69) is 38.5 Å². The number of halogens is 1. The van der Waals surface area contributed by atoms with Crippen molar-refractivity contribution in [1.29, 1.82) is 0 Å². The molecule has 0 aliphatic carbocycles. The van der Waals surface area contributed by atoms with Crippen molar-refractivity contribution in [2.75, 3.05) is 23.0 Å². The standard InChI is InChI=1S/C24H26BrN5O2S/c1-5-32-19-11-10-16(25)13-18(19)21-20(22(31)27-17-9-7-8-14(3)12-17)15(4)26-23-28-24(33-6-2)29-30(21)23/h7-13,21H,5-6H2,1-4H3,(H,27,31)(H,26,28,29). The normalized spacial score (nSPS) is 15.1. The summed E-state index contributed by atoms with van der Waals surface area (Å²) in [5.41, 5.74) is 3.93. The van der Waals surface area contributed by atoms with Gasteiger partial charge in [-0.25, -0.2) is 4.68 Å². The zero-order valence-electron chi connectivity index (χ0n) is 19.0. The summed E-state index contributed by atoms with van der Waals surface area (Å²) in [6.07, 6.45) is 0. The first-order valence-corrected chi connectivity index (χ1v) is 12.6. The Balaban J connectivity index is 1.85. The molecule has 0 saturated heterocycles. The van der Waals surface area contributed by atoms with E-state index < -0.39 is 6.04 Å². The van der Waals surface area contributed by atoms with Crippen LogP contribution in [0.2, 0.25) is 0 Å². The van der Waals surface area contributed by atoms with Crippen LogP contribution in [-0.4, -0.2) is 33.0 Å². The molecule has 1 aliphatic heterocycles. The monoisotopic (exact) mass is 527 g/mol. The Labute approximate surface area is 206 Å². The number of hydrogen-bond acceptors (Lipinski definition) is 6. The third kappa shape index (κ3) is 4.94. The van der Waals surface area contributed by atoms with Crippen LogP contribution >= 0.6 is 27.7 Å². The van der Waals surface area contributed by atoms with Crippen LogP contribution < -0.4 is 15.4 Å². The Bertz CT molecular complexity index is 1220. The summed E-state index contributed by atoms with van der Waals surface area (Å²) < 4.78 is 8.62. The van der Waals surface area contributed by atoms with Crippen LogP contribution in [0.25, 0.3) is 0 Å². The number of aryl methyl sites for hydroxylation is 1. The number of nitrogens with zero attached hydrogens (tertiary/aromatic N) is 3. The fourth-order valence-corrected chi connectivity index (χ4v) is 4.78. The van der Waals surface area contributed by atoms with Crippen LogP contribution in [0.15, 0.2) is 63.4 Å². The molecule has 0 bridgehead atoms. The van der Waals surface area contributed by atoms with Gasteiger partial charge in [0.15, 0.2) is 0 Å². The van der Waals surface area contributed by atoms with Crippen LogP contribution in [0.1, 0.15) is 37.9 Å². The van der Waals surface area contributed by atoms with Gasteiger partial charge in [-0.2, -0.15) is 4.98 Å². The molecular weight excluding hydrogens is 502 g/mol. The van der Waals surface area contributed by atoms with Crippen molar-refractivity contribution >= 4 is 45.2 Å². The maximum atomic E-state index is 13.6. The highest BCUT2D eigenvalue weighted by Gasteiger charge is 2.36. The van der Waals surface area contributed by atoms with E-state index in [1.165, 1.54) is 0 Å². The summed E-state index contributed by atoms with van der Waals surface area (Å²) in [6.45, 7) is 8.39. The van der Waals surface area contributed by atoms with E-state index in [0.29, 0.717) is 29.0 Å². The van der Waals surface area contributed by atoms with Crippen molar-refractivity contribution in [2.24, 2.45) is 0 Å². The summed E-state index contributed by atoms with van der Waals surface area (Å²) in [4.78, 5) is 18.3. The Kier molecular flexibility index (Phi) is 7.09. The molecule has 2 aromatic carbocycles. The topological polar surface area (TPSA) is 81.1 Å². The number of ether oxygens (including phenoxy) is 1. The molecule has 3 aromatic rings. The second kappa shape index (κ2) is 10.0. The fourth-order valence-electron chi connectivity index (χ4n) is 3.84. The number of benzene rings is 2. The second-order valence-corrected chi connectivity index (χ2v) is 9.75. The van der Waals surface area contributed by atoms with Crippen molar-refractivity contribution in [3.05, 3.63) is 69.3 Å². The number of allylic oxidation sites excluding steroid dienone is 1. The van der Waals surface area contributed by atoms with Gasteiger partial charge in [0, 0.05) is 21.4 Å². The molecule has 2 heterocycles. The molecule has 1 atom stereocenters. The van der Waals surface area contributed by atoms with Gasteiger partial charge in [-0.05, 0) is 62.4 Å². The molecular formula is C24H26BrN5O2S. The molecule has 0 radical (unpaired) electrons. The number of carbonyl (C=O) groups excluding carboxylic acids is 1. The minimum Gasteiger partial charge on any atom is -0.494 e. The smallest absolute Gasteiger partial charge is 0.255 e. The highest BCUT2D eigenvalue weighted by Crippen LogP contribution is 2.41. The predicted octanol–water partition coefficient (Wildman–Crippen LogP) is 5.79. The molecule has 4 rings (SSSR count). The van der Waals surface area contributed by atoms with Gasteiger partial charge in [-0.15, -0.1) is 5.10 Å². The third-order valence-corrected chi connectivity index (χ3v) is 6.41. The average Bonchev–Trinajstić information content (AvgIpc) is 3.16. The van der Waals surface area contributed by atoms with Gasteiger partial charge in [0.05, 0.1) is 12.2 Å². The van der Waals surface area contributed by atoms with Gasteiger partial charge in [-0.1, -0.05) is 46.7 Å². The largest absolute Gasteiger partial charge is 0.494 e. The number of nitrogens with one attached hydrogen (secondary N) is 2. The van der Waals surface area contributed by atoms with Crippen LogP contribution in [0.5, 0.6) is 5.75 Å². The molecule has 0 spiro atoms. The molecule has 7 nitrogen and oxygen atoms in total. The lowest BCUT2D eigenvalue weighted by Crippen LogP contribution is -2.31. The summed E-state index contributed by atoms with van der Waals surface area (Å²) in [6, 6.07) is 13.1. The minimum absolute atomic E-state index is 0.205. The minimum atomic E-state index is -0.510. The number of rotatable bonds is 7. The number of carbonyl (C=O) groups is 1. The first-order valence-electron chi connectivity index (χ1n) is 10.8. The molecule has 0 fully saturated rings. The van der Waals surface area contributed by atoms with Crippen molar-refractivity contribution in [1.82, 2.24) is 14.8 Å². The molecule has 172 valence electrons. The number of aromatic nitrogens is 3. The summed E-state index contributed by atoms with van der Waals surface area (Å²) in [5.74, 6) is 1.95. The van der Waals surface area contributed by atoms with E-state index in [1.54, 1.807) is 16.4 Å². The van der Waals surface area contributed by atoms with E-state index in [4.69, 9.17) is 9.84 Å². The van der Waals surface area contributed by atoms with E-state index in [9.17, 15) is 4.79 Å². The number of fused-ring (bicyclic) bond motifs is 1. The number of anilines is 2. The zero-order valence-corrected chi connectivity index (χ0v) is 21.4. The first-order chi connectivity index (χ1) is 15.9. The number of hydrogen-bond donors (Lipinski definition) is 2. The maximum Gasteiger partial charge on any atom is 0.255 e. The van der Waals surface area contributed by atoms with Gasteiger partial charge in [0.1, 0.15) is 11.8 Å². The Morgan fingerprint density at radius 1 is 1.24 bits per heavy atom. The molecule has 1 aliphatic rings. The number of thioether (sulfide) groups is 1. The Morgan fingerprint density at radius 3 is 2.79 bits per heavy atom. The van der Waals surface area contributed by atoms with Gasteiger partial charge in [-0.3, -0.25) is 4.79 Å². The highest BCUT2D eigenvalue weighted by molar-refractivity contribution is 9.10. The summed E-state index contributed by atoms with van der Waals surface area (Å²) in [5, 5.41) is 11.7. The van der Waals surface area contributed by atoms with Crippen molar-refractivity contribution in [3.8, 4) is 5.75 Å². The number of amides is 1. The first kappa shape index (κ1) is 23.4. The fraction of sp³-hybridized carbons (Fsp3) is 0.292. The second-order valence-electron chi connectivity index (χ2n) is 7.60. The van der Waals surface area contributed by atoms with Gasteiger partial charge < -0.3 is 15.4 Å². The average molecular weight is 528 g/mol. The summed E-state index contributed by atoms with van der Waals surface area (Å²) in [7, 11) is 0. The van der Waals surface area contributed by atoms with Crippen LogP contribution in [0, 0.1) is 6.92 Å². The lowest BCUT2D eigenvalue weighted by Gasteiger charge is -2.29. The molecule has 33 heavy (non-hydrogen) atoms. The SMILES string of the molecule is CCOc1ccc(Br)cc1C1C(C(=O)Nc2cccc(C)c2)=C(C)Nc2nc(SCC)nn21. The Morgan fingerprint density at radius 2 is 2.06 bits per heavy atom. The van der Waals surface area contributed by atoms with Gasteiger partial charge >= 0.3 is 0 Å². The lowest BCUT2D eigenvalue weighted by atomic mass is 9.94. The van der Waals surface area contributed by atoms with Crippen molar-refractivity contribution < 1.29 is 9.53 Å². The summed E-state index contributed by atoms with van der Waals surface area (Å²) >= 11 is 5.14. The van der Waals surface area contributed by atoms with E-state index in [-0.39, 0.29) is 5.91 Å². The molecule has 0 saturated carbocycles. The maximum absolute atomic E-state index is 13.6. The molecule has 9 heteroatoms. The third-order valence-electron chi connectivity index (χ3n) is 5.19. The Hall–Kier alpha value is -2.78. The van der Waals surface area contributed by atoms with Crippen LogP contribution in [0.4, 0.5) is 11.6 Å². The molecule has 1 aromatic heterocycles.